The van der Waals surface area contributed by atoms with E-state index in [4.69, 9.17) is 0 Å². The van der Waals surface area contributed by atoms with Crippen LogP contribution < -0.4 is 9.14 Å². The first-order valence-electron chi connectivity index (χ1n) is 5.08. The maximum absolute atomic E-state index is 11.7. The minimum absolute atomic E-state index is 0.159. The molecule has 0 N–H and O–H groups in total. The molecule has 0 amide bonds. The summed E-state index contributed by atoms with van der Waals surface area (Å²) in [5.74, 6) is 0. The number of rotatable bonds is 2. The van der Waals surface area contributed by atoms with Gasteiger partial charge in [-0.3, -0.25) is 0 Å². The van der Waals surface area contributed by atoms with Gasteiger partial charge in [-0.05, 0) is 0 Å². The van der Waals surface area contributed by atoms with Crippen LogP contribution in [0.1, 0.15) is 12.5 Å². The predicted octanol–water partition coefficient (Wildman–Crippen LogP) is 1.72. The van der Waals surface area contributed by atoms with Gasteiger partial charge in [-0.25, -0.2) is 0 Å². The van der Waals surface area contributed by atoms with Gasteiger partial charge in [0.05, 0.1) is 0 Å². The van der Waals surface area contributed by atoms with E-state index in [0.29, 0.717) is 0 Å². The van der Waals surface area contributed by atoms with Gasteiger partial charge in [0.2, 0.25) is 0 Å². The molecule has 0 atom stereocenters. The average Bonchev–Trinajstić information content (AvgIpc) is 2.07. The molecule has 3 heteroatoms. The van der Waals surface area contributed by atoms with Gasteiger partial charge in [-0.15, -0.1) is 0 Å². The molecular weight excluding hydrogens is 281 g/mol. The van der Waals surface area contributed by atoms with Gasteiger partial charge < -0.3 is 0 Å². The molecule has 0 radical (unpaired) electrons. The molecule has 1 heterocycles. The molecule has 0 unspecified atom stereocenters. The zero-order valence-corrected chi connectivity index (χ0v) is 12.6. The van der Waals surface area contributed by atoms with Crippen molar-refractivity contribution in [3.8, 4) is 0 Å². The third kappa shape index (κ3) is 2.41. The van der Waals surface area contributed by atoms with Crippen molar-refractivity contribution in [1.29, 1.82) is 0 Å². The number of aromatic nitrogens is 1. The molecule has 0 saturated carbocycles. The Bertz CT molecular complexity index is 387. The molecule has 14 heavy (non-hydrogen) atoms. The van der Waals surface area contributed by atoms with Gasteiger partial charge in [0.15, 0.2) is 0 Å². The van der Waals surface area contributed by atoms with E-state index in [1.807, 2.05) is 18.4 Å². The number of aryl methyl sites for hydroxylation is 2. The fourth-order valence-electron chi connectivity index (χ4n) is 1.43. The van der Waals surface area contributed by atoms with Gasteiger partial charge in [-0.1, -0.05) is 0 Å². The Kier molecular flexibility index (Phi) is 3.45. The van der Waals surface area contributed by atoms with Crippen LogP contribution in [0.25, 0.3) is 0 Å². The van der Waals surface area contributed by atoms with Gasteiger partial charge in [-0.2, -0.15) is 0 Å². The van der Waals surface area contributed by atoms with Gasteiger partial charge in [0, 0.05) is 0 Å². The number of nitrogens with zero attached hydrogens (tertiary/aromatic N) is 1. The second-order valence-electron chi connectivity index (χ2n) is 4.75. The molecule has 78 valence electrons. The van der Waals surface area contributed by atoms with E-state index in [-0.39, 0.29) is 5.56 Å². The molecular formula is C11H19NOSn. The van der Waals surface area contributed by atoms with E-state index in [1.54, 1.807) is 0 Å². The van der Waals surface area contributed by atoms with Gasteiger partial charge in [0.25, 0.3) is 0 Å². The topological polar surface area (TPSA) is 22.0 Å². The zero-order valence-electron chi connectivity index (χ0n) is 9.72. The van der Waals surface area contributed by atoms with Crippen molar-refractivity contribution >= 4 is 22.0 Å². The summed E-state index contributed by atoms with van der Waals surface area (Å²) in [4.78, 5) is 18.8. The van der Waals surface area contributed by atoms with Crippen LogP contribution in [0.15, 0.2) is 17.1 Å². The van der Waals surface area contributed by atoms with Crippen molar-refractivity contribution < 1.29 is 0 Å². The van der Waals surface area contributed by atoms with Crippen LogP contribution in [-0.2, 0) is 6.54 Å². The summed E-state index contributed by atoms with van der Waals surface area (Å²) in [6.07, 6.45) is 2.06. The molecule has 0 saturated heterocycles. The Morgan fingerprint density at radius 3 is 2.36 bits per heavy atom. The first-order valence-corrected chi connectivity index (χ1v) is 15.1. The summed E-state index contributed by atoms with van der Waals surface area (Å²) in [5.41, 5.74) is 1.04. The monoisotopic (exact) mass is 301 g/mol. The van der Waals surface area contributed by atoms with E-state index in [9.17, 15) is 4.79 Å². The van der Waals surface area contributed by atoms with Crippen LogP contribution in [0.5, 0.6) is 0 Å². The van der Waals surface area contributed by atoms with Gasteiger partial charge >= 0.3 is 89.9 Å². The van der Waals surface area contributed by atoms with Crippen molar-refractivity contribution in [2.45, 2.75) is 35.2 Å². The molecule has 0 aliphatic rings. The SMILES string of the molecule is CCn1c[c]([Sn]([CH3])([CH3])[CH3])cc(C)c1=O. The molecule has 0 aromatic carbocycles. The summed E-state index contributed by atoms with van der Waals surface area (Å²) in [5, 5.41) is 0. The summed E-state index contributed by atoms with van der Waals surface area (Å²) in [7, 11) is 0. The molecule has 0 spiro atoms. The molecule has 0 fully saturated rings. The first-order chi connectivity index (χ1) is 6.36. The molecule has 2 nitrogen and oxygen atoms in total. The molecule has 0 aliphatic carbocycles. The summed E-state index contributed by atoms with van der Waals surface area (Å²) in [6, 6.07) is 2.09. The quantitative estimate of drug-likeness (QED) is 0.762. The van der Waals surface area contributed by atoms with E-state index in [0.717, 1.165) is 12.1 Å². The van der Waals surface area contributed by atoms with Crippen LogP contribution in [-0.4, -0.2) is 22.9 Å². The third-order valence-electron chi connectivity index (χ3n) is 2.47. The molecule has 0 aliphatic heterocycles. The summed E-state index contributed by atoms with van der Waals surface area (Å²) >= 11 is -2.01. The van der Waals surface area contributed by atoms with E-state index >= 15 is 0 Å². The van der Waals surface area contributed by atoms with Crippen LogP contribution in [0.4, 0.5) is 0 Å². The minimum atomic E-state index is -2.01. The Hall–Kier alpha value is -0.251. The Labute approximate surface area is 89.8 Å². The van der Waals surface area contributed by atoms with Crippen molar-refractivity contribution in [2.24, 2.45) is 0 Å². The molecule has 1 rings (SSSR count). The number of hydrogen-bond acceptors (Lipinski definition) is 1. The van der Waals surface area contributed by atoms with Crippen LogP contribution >= 0.6 is 0 Å². The van der Waals surface area contributed by atoms with Crippen molar-refractivity contribution in [1.82, 2.24) is 4.57 Å². The maximum atomic E-state index is 11.7. The van der Waals surface area contributed by atoms with Gasteiger partial charge in [0.1, 0.15) is 0 Å². The summed E-state index contributed by atoms with van der Waals surface area (Å²) < 4.78 is 3.26. The van der Waals surface area contributed by atoms with Crippen molar-refractivity contribution in [2.75, 3.05) is 0 Å². The first kappa shape index (κ1) is 11.8. The van der Waals surface area contributed by atoms with Crippen LogP contribution in [0.2, 0.25) is 14.8 Å². The van der Waals surface area contributed by atoms with Crippen LogP contribution in [0, 0.1) is 6.92 Å². The predicted molar refractivity (Wildman–Crippen MR) is 64.1 cm³/mol. The van der Waals surface area contributed by atoms with Crippen molar-refractivity contribution in [3.05, 3.63) is 28.2 Å². The van der Waals surface area contributed by atoms with E-state index in [1.165, 1.54) is 3.58 Å². The number of pyridine rings is 1. The van der Waals surface area contributed by atoms with Crippen molar-refractivity contribution in [3.63, 3.8) is 0 Å². The summed E-state index contributed by atoms with van der Waals surface area (Å²) in [6.45, 7) is 4.70. The van der Waals surface area contributed by atoms with E-state index < -0.39 is 18.4 Å². The zero-order chi connectivity index (χ0) is 10.9. The standard InChI is InChI=1S/C8H10NO.3CH3.Sn/c1-3-9-6-4-5-7(2)8(9)10;;;;/h5-6H,3H2,1-2H3;3*1H3;. The fourth-order valence-corrected chi connectivity index (χ4v) is 4.83. The fraction of sp³-hybridized carbons (Fsp3) is 0.545. The molecule has 1 aromatic rings. The Balaban J connectivity index is 3.38. The number of hydrogen-bond donors (Lipinski definition) is 0. The second-order valence-corrected chi connectivity index (χ2v) is 19.2. The third-order valence-corrected chi connectivity index (χ3v) is 8.20. The van der Waals surface area contributed by atoms with Crippen LogP contribution in [0.3, 0.4) is 0 Å². The normalized spacial score (nSPS) is 11.8. The average molecular weight is 300 g/mol. The second kappa shape index (κ2) is 4.09. The molecule has 1 aromatic heterocycles. The molecule has 0 bridgehead atoms. The van der Waals surface area contributed by atoms with E-state index in [2.05, 4.69) is 27.1 Å². The Morgan fingerprint density at radius 1 is 1.36 bits per heavy atom. The Morgan fingerprint density at radius 2 is 1.93 bits per heavy atom.